The second-order valence-electron chi connectivity index (χ2n) is 7.51. The van der Waals surface area contributed by atoms with Crippen LogP contribution in [0, 0.1) is 0 Å². The summed E-state index contributed by atoms with van der Waals surface area (Å²) in [5.74, 6) is -0.307. The van der Waals surface area contributed by atoms with E-state index >= 15 is 0 Å². The van der Waals surface area contributed by atoms with Crippen molar-refractivity contribution in [1.82, 2.24) is 0 Å². The van der Waals surface area contributed by atoms with Crippen molar-refractivity contribution in [2.75, 3.05) is 0 Å². The summed E-state index contributed by atoms with van der Waals surface area (Å²) in [4.78, 5) is 11.5. The maximum atomic E-state index is 11.5. The minimum Gasteiger partial charge on any atom is -0.369 e. The highest BCUT2D eigenvalue weighted by Gasteiger charge is 2.45. The maximum Gasteiger partial charge on any atom is 0.228 e. The van der Waals surface area contributed by atoms with Gasteiger partial charge in [-0.05, 0) is 55.4 Å². The van der Waals surface area contributed by atoms with E-state index in [1.807, 2.05) is 18.2 Å². The molecule has 0 unspecified atom stereocenters. The molecule has 4 N–H and O–H groups in total. The minimum atomic E-state index is -0.581. The third-order valence-corrected chi connectivity index (χ3v) is 7.52. The molecule has 1 amide bonds. The number of halogens is 5. The van der Waals surface area contributed by atoms with Gasteiger partial charge in [0.25, 0.3) is 0 Å². The van der Waals surface area contributed by atoms with E-state index in [9.17, 15) is 4.79 Å². The van der Waals surface area contributed by atoms with Gasteiger partial charge in [0.15, 0.2) is 0 Å². The Kier molecular flexibility index (Phi) is 8.17. The number of carbonyl (C=O) groups is 1. The molecule has 0 spiro atoms. The largest absolute Gasteiger partial charge is 0.369 e. The Labute approximate surface area is 197 Å². The predicted octanol–water partition coefficient (Wildman–Crippen LogP) is 6.65. The van der Waals surface area contributed by atoms with Gasteiger partial charge in [-0.15, -0.1) is 12.4 Å². The first-order chi connectivity index (χ1) is 13.2. The van der Waals surface area contributed by atoms with Gasteiger partial charge in [0.2, 0.25) is 5.91 Å². The minimum absolute atomic E-state index is 0. The van der Waals surface area contributed by atoms with Crippen LogP contribution >= 0.6 is 58.8 Å². The first-order valence-corrected chi connectivity index (χ1v) is 10.7. The fourth-order valence-electron chi connectivity index (χ4n) is 3.77. The summed E-state index contributed by atoms with van der Waals surface area (Å²) in [5, 5.41) is 2.14. The third-order valence-electron chi connectivity index (χ3n) is 5.88. The van der Waals surface area contributed by atoms with Crippen molar-refractivity contribution in [3.8, 4) is 0 Å². The quantitative estimate of drug-likeness (QED) is 0.499. The summed E-state index contributed by atoms with van der Waals surface area (Å²) in [6.45, 7) is 0. The van der Waals surface area contributed by atoms with Crippen LogP contribution in [-0.2, 0) is 15.7 Å². The first-order valence-electron chi connectivity index (χ1n) is 9.19. The molecule has 0 aromatic heterocycles. The number of carbonyl (C=O) groups excluding carboxylic acids is 1. The molecule has 8 heteroatoms. The molecule has 0 radical (unpaired) electrons. The monoisotopic (exact) mass is 494 g/mol. The van der Waals surface area contributed by atoms with E-state index in [0.717, 1.165) is 43.2 Å². The molecule has 29 heavy (non-hydrogen) atoms. The Morgan fingerprint density at radius 1 is 0.793 bits per heavy atom. The van der Waals surface area contributed by atoms with Crippen LogP contribution in [-0.4, -0.2) is 5.91 Å². The summed E-state index contributed by atoms with van der Waals surface area (Å²) in [6, 6.07) is 11.0. The van der Waals surface area contributed by atoms with Crippen molar-refractivity contribution in [1.29, 1.82) is 0 Å². The lowest BCUT2D eigenvalue weighted by Gasteiger charge is -2.39. The van der Waals surface area contributed by atoms with Crippen molar-refractivity contribution in [3.63, 3.8) is 0 Å². The Balaban J connectivity index is 0.000000202. The van der Waals surface area contributed by atoms with E-state index in [1.54, 1.807) is 18.2 Å². The molecule has 0 aliphatic heterocycles. The van der Waals surface area contributed by atoms with Crippen LogP contribution in [0.3, 0.4) is 0 Å². The van der Waals surface area contributed by atoms with Crippen LogP contribution in [0.4, 0.5) is 0 Å². The zero-order valence-electron chi connectivity index (χ0n) is 15.7. The number of nitrogens with two attached hydrogens (primary N) is 2. The van der Waals surface area contributed by atoms with E-state index in [0.29, 0.717) is 20.1 Å². The molecular weight excluding hydrogens is 474 g/mol. The Morgan fingerprint density at radius 2 is 1.24 bits per heavy atom. The third kappa shape index (κ3) is 4.66. The van der Waals surface area contributed by atoms with E-state index in [2.05, 4.69) is 0 Å². The molecule has 0 heterocycles. The normalized spacial score (nSPS) is 18.2. The van der Waals surface area contributed by atoms with Crippen molar-refractivity contribution in [3.05, 3.63) is 67.6 Å². The lowest BCUT2D eigenvalue weighted by molar-refractivity contribution is -0.126. The Bertz CT molecular complexity index is 895. The topological polar surface area (TPSA) is 69.1 Å². The molecule has 3 nitrogen and oxygen atoms in total. The SMILES string of the molecule is Cl.NC(=O)C1(c2cccc(Cl)c2Cl)CCC1.NC1(c2cccc(Cl)c2Cl)CCC1. The lowest BCUT2D eigenvalue weighted by Crippen LogP contribution is -2.46. The van der Waals surface area contributed by atoms with Crippen molar-refractivity contribution in [2.24, 2.45) is 11.5 Å². The maximum absolute atomic E-state index is 11.5. The predicted molar refractivity (Wildman–Crippen MR) is 125 cm³/mol. The molecule has 4 rings (SSSR count). The number of primary amides is 1. The first kappa shape index (κ1) is 24.6. The lowest BCUT2D eigenvalue weighted by atomic mass is 9.64. The molecular formula is C21H23Cl5N2O. The molecule has 2 aromatic carbocycles. The van der Waals surface area contributed by atoms with Gasteiger partial charge in [0.05, 0.1) is 25.5 Å². The molecule has 2 aliphatic rings. The van der Waals surface area contributed by atoms with Crippen LogP contribution in [0.2, 0.25) is 20.1 Å². The van der Waals surface area contributed by atoms with Gasteiger partial charge in [-0.25, -0.2) is 0 Å². The molecule has 158 valence electrons. The number of amides is 1. The number of hydrogen-bond acceptors (Lipinski definition) is 2. The Hall–Kier alpha value is -0.680. The summed E-state index contributed by atoms with van der Waals surface area (Å²) < 4.78 is 0. The van der Waals surface area contributed by atoms with Crippen LogP contribution in [0.1, 0.15) is 49.7 Å². The molecule has 2 fully saturated rings. The highest BCUT2D eigenvalue weighted by molar-refractivity contribution is 6.43. The highest BCUT2D eigenvalue weighted by atomic mass is 35.5. The van der Waals surface area contributed by atoms with Gasteiger partial charge in [0, 0.05) is 5.54 Å². The van der Waals surface area contributed by atoms with Crippen molar-refractivity contribution >= 4 is 64.7 Å². The fraction of sp³-hybridized carbons (Fsp3) is 0.381. The molecule has 0 atom stereocenters. The number of benzene rings is 2. The molecule has 0 bridgehead atoms. The molecule has 0 saturated heterocycles. The standard InChI is InChI=1S/C11H11Cl2NO.C10H11Cl2N.ClH/c12-8-4-1-3-7(9(8)13)11(10(14)15)5-2-6-11;11-8-4-1-3-7(9(8)12)10(13)5-2-6-10;/h1,3-4H,2,5-6H2,(H2,14,15);1,3-4H,2,5-6,13H2;1H. The summed E-state index contributed by atoms with van der Waals surface area (Å²) in [5.41, 5.74) is 12.6. The number of hydrogen-bond donors (Lipinski definition) is 2. The second kappa shape index (κ2) is 9.64. The summed E-state index contributed by atoms with van der Waals surface area (Å²) in [7, 11) is 0. The van der Waals surface area contributed by atoms with Gasteiger partial charge >= 0.3 is 0 Å². The van der Waals surface area contributed by atoms with Crippen molar-refractivity contribution in [2.45, 2.75) is 49.5 Å². The average Bonchev–Trinajstić information content (AvgIpc) is 2.58. The van der Waals surface area contributed by atoms with Gasteiger partial charge in [0.1, 0.15) is 0 Å². The van der Waals surface area contributed by atoms with Crippen LogP contribution in [0.5, 0.6) is 0 Å². The van der Waals surface area contributed by atoms with E-state index < -0.39 is 5.41 Å². The van der Waals surface area contributed by atoms with Crippen molar-refractivity contribution < 1.29 is 4.79 Å². The van der Waals surface area contributed by atoms with E-state index in [1.165, 1.54) is 6.42 Å². The smallest absolute Gasteiger partial charge is 0.228 e. The molecule has 2 aliphatic carbocycles. The summed E-state index contributed by atoms with van der Waals surface area (Å²) >= 11 is 24.0. The van der Waals surface area contributed by atoms with Crippen LogP contribution < -0.4 is 11.5 Å². The van der Waals surface area contributed by atoms with Gasteiger partial charge in [-0.3, -0.25) is 4.79 Å². The van der Waals surface area contributed by atoms with Gasteiger partial charge < -0.3 is 11.5 Å². The molecule has 2 aromatic rings. The fourth-order valence-corrected chi connectivity index (χ4v) is 4.74. The van der Waals surface area contributed by atoms with E-state index in [-0.39, 0.29) is 23.9 Å². The van der Waals surface area contributed by atoms with Crippen LogP contribution in [0.25, 0.3) is 0 Å². The summed E-state index contributed by atoms with van der Waals surface area (Å²) in [6.07, 6.45) is 5.73. The Morgan fingerprint density at radius 3 is 1.62 bits per heavy atom. The molecule has 2 saturated carbocycles. The highest BCUT2D eigenvalue weighted by Crippen LogP contribution is 2.47. The van der Waals surface area contributed by atoms with E-state index in [4.69, 9.17) is 57.9 Å². The number of rotatable bonds is 3. The van der Waals surface area contributed by atoms with Crippen LogP contribution in [0.15, 0.2) is 36.4 Å². The second-order valence-corrected chi connectivity index (χ2v) is 9.08. The average molecular weight is 497 g/mol. The zero-order chi connectivity index (χ0) is 20.5. The van der Waals surface area contributed by atoms with Gasteiger partial charge in [-0.2, -0.15) is 0 Å². The zero-order valence-corrected chi connectivity index (χ0v) is 19.5. The van der Waals surface area contributed by atoms with Gasteiger partial charge in [-0.1, -0.05) is 77.1 Å².